The van der Waals surface area contributed by atoms with Crippen LogP contribution in [0.3, 0.4) is 0 Å². The Balaban J connectivity index is 2.68. The number of benzene rings is 1. The van der Waals surface area contributed by atoms with E-state index in [2.05, 4.69) is 0 Å². The summed E-state index contributed by atoms with van der Waals surface area (Å²) in [7, 11) is 1.58. The first-order valence-corrected chi connectivity index (χ1v) is 5.56. The number of carboxylic acids is 1. The molecular formula is C13H14FNO3. The van der Waals surface area contributed by atoms with Crippen LogP contribution in [-0.2, 0) is 11.3 Å². The predicted octanol–water partition coefficient (Wildman–Crippen LogP) is 2.43. The standard InChI is InChI=1S/C13H14FNO3/c1-8-5-9(14)6-10-11(13(16)17)7-15(12(8)10)3-4-18-2/h5-7H,3-4H2,1-2H3,(H,16,17). The van der Waals surface area contributed by atoms with E-state index in [-0.39, 0.29) is 5.56 Å². The van der Waals surface area contributed by atoms with Gasteiger partial charge in [-0.05, 0) is 24.6 Å². The van der Waals surface area contributed by atoms with E-state index in [1.54, 1.807) is 18.6 Å². The predicted molar refractivity (Wildman–Crippen MR) is 65.5 cm³/mol. The van der Waals surface area contributed by atoms with E-state index in [0.29, 0.717) is 24.1 Å². The summed E-state index contributed by atoms with van der Waals surface area (Å²) in [5.74, 6) is -1.48. The summed E-state index contributed by atoms with van der Waals surface area (Å²) in [6.07, 6.45) is 1.53. The van der Waals surface area contributed by atoms with Gasteiger partial charge >= 0.3 is 5.97 Å². The molecular weight excluding hydrogens is 237 g/mol. The molecule has 1 heterocycles. The first-order valence-electron chi connectivity index (χ1n) is 5.56. The third-order valence-electron chi connectivity index (χ3n) is 2.89. The van der Waals surface area contributed by atoms with Crippen molar-refractivity contribution in [3.05, 3.63) is 35.3 Å². The van der Waals surface area contributed by atoms with Crippen LogP contribution < -0.4 is 0 Å². The molecule has 96 valence electrons. The number of aryl methyl sites for hydroxylation is 1. The number of fused-ring (bicyclic) bond motifs is 1. The summed E-state index contributed by atoms with van der Waals surface area (Å²) >= 11 is 0. The average Bonchev–Trinajstić information content (AvgIpc) is 2.65. The van der Waals surface area contributed by atoms with Crippen molar-refractivity contribution in [1.82, 2.24) is 4.57 Å². The molecule has 0 radical (unpaired) electrons. The summed E-state index contributed by atoms with van der Waals surface area (Å²) in [6, 6.07) is 2.66. The van der Waals surface area contributed by atoms with Gasteiger partial charge in [0, 0.05) is 25.2 Å². The third-order valence-corrected chi connectivity index (χ3v) is 2.89. The van der Waals surface area contributed by atoms with Gasteiger partial charge in [-0.2, -0.15) is 0 Å². The number of rotatable bonds is 4. The van der Waals surface area contributed by atoms with Crippen molar-refractivity contribution in [2.75, 3.05) is 13.7 Å². The van der Waals surface area contributed by atoms with Gasteiger partial charge in [0.1, 0.15) is 5.82 Å². The number of hydrogen-bond acceptors (Lipinski definition) is 2. The second-order valence-electron chi connectivity index (χ2n) is 4.15. The molecule has 0 saturated heterocycles. The van der Waals surface area contributed by atoms with Gasteiger partial charge in [0.2, 0.25) is 0 Å². The van der Waals surface area contributed by atoms with Crippen LogP contribution in [0.5, 0.6) is 0 Å². The van der Waals surface area contributed by atoms with Crippen molar-refractivity contribution < 1.29 is 19.0 Å². The number of nitrogens with zero attached hydrogens (tertiary/aromatic N) is 1. The van der Waals surface area contributed by atoms with E-state index in [1.807, 2.05) is 0 Å². The lowest BCUT2D eigenvalue weighted by Crippen LogP contribution is -2.03. The summed E-state index contributed by atoms with van der Waals surface area (Å²) in [6.45, 7) is 2.77. The smallest absolute Gasteiger partial charge is 0.337 e. The molecule has 0 aliphatic heterocycles. The molecule has 0 bridgehead atoms. The molecule has 1 aromatic heterocycles. The van der Waals surface area contributed by atoms with Gasteiger partial charge in [-0.15, -0.1) is 0 Å². The van der Waals surface area contributed by atoms with E-state index in [4.69, 9.17) is 9.84 Å². The molecule has 0 atom stereocenters. The maximum absolute atomic E-state index is 13.4. The van der Waals surface area contributed by atoms with Crippen LogP contribution in [0.25, 0.3) is 10.9 Å². The molecule has 4 nitrogen and oxygen atoms in total. The summed E-state index contributed by atoms with van der Waals surface area (Å²) in [5, 5.41) is 9.56. The van der Waals surface area contributed by atoms with Gasteiger partial charge < -0.3 is 14.4 Å². The first-order chi connectivity index (χ1) is 8.54. The lowest BCUT2D eigenvalue weighted by atomic mass is 10.1. The fraction of sp³-hybridized carbons (Fsp3) is 0.308. The van der Waals surface area contributed by atoms with E-state index < -0.39 is 11.8 Å². The molecule has 0 unspecified atom stereocenters. The van der Waals surface area contributed by atoms with Crippen LogP contribution in [0.2, 0.25) is 0 Å². The molecule has 1 aromatic carbocycles. The van der Waals surface area contributed by atoms with Gasteiger partial charge in [0.25, 0.3) is 0 Å². The lowest BCUT2D eigenvalue weighted by Gasteiger charge is -2.06. The Bertz CT molecular complexity index is 604. The molecule has 0 fully saturated rings. The summed E-state index contributed by atoms with van der Waals surface area (Å²) < 4.78 is 20.1. The number of carboxylic acid groups (broad SMARTS) is 1. The van der Waals surface area contributed by atoms with Crippen molar-refractivity contribution in [2.24, 2.45) is 0 Å². The number of aromatic carboxylic acids is 1. The Morgan fingerprint density at radius 2 is 2.22 bits per heavy atom. The van der Waals surface area contributed by atoms with Crippen LogP contribution in [0, 0.1) is 12.7 Å². The fourth-order valence-corrected chi connectivity index (χ4v) is 2.15. The monoisotopic (exact) mass is 251 g/mol. The lowest BCUT2D eigenvalue weighted by molar-refractivity contribution is 0.0698. The van der Waals surface area contributed by atoms with E-state index >= 15 is 0 Å². The highest BCUT2D eigenvalue weighted by Crippen LogP contribution is 2.26. The van der Waals surface area contributed by atoms with Crippen molar-refractivity contribution in [3.8, 4) is 0 Å². The fourth-order valence-electron chi connectivity index (χ4n) is 2.15. The van der Waals surface area contributed by atoms with Crippen molar-refractivity contribution in [2.45, 2.75) is 13.5 Å². The zero-order chi connectivity index (χ0) is 13.3. The topological polar surface area (TPSA) is 51.5 Å². The van der Waals surface area contributed by atoms with Crippen LogP contribution in [0.1, 0.15) is 15.9 Å². The van der Waals surface area contributed by atoms with E-state index in [9.17, 15) is 9.18 Å². The maximum atomic E-state index is 13.4. The minimum Gasteiger partial charge on any atom is -0.478 e. The minimum absolute atomic E-state index is 0.115. The second-order valence-corrected chi connectivity index (χ2v) is 4.15. The van der Waals surface area contributed by atoms with Crippen LogP contribution in [0.4, 0.5) is 4.39 Å². The third kappa shape index (κ3) is 2.09. The highest BCUT2D eigenvalue weighted by atomic mass is 19.1. The highest BCUT2D eigenvalue weighted by molar-refractivity contribution is 6.04. The van der Waals surface area contributed by atoms with Gasteiger partial charge in [-0.3, -0.25) is 0 Å². The van der Waals surface area contributed by atoms with Crippen LogP contribution >= 0.6 is 0 Å². The molecule has 0 aliphatic carbocycles. The molecule has 0 amide bonds. The molecule has 2 aromatic rings. The highest BCUT2D eigenvalue weighted by Gasteiger charge is 2.16. The van der Waals surface area contributed by atoms with Crippen LogP contribution in [0.15, 0.2) is 18.3 Å². The number of ether oxygens (including phenoxy) is 1. The number of halogens is 1. The van der Waals surface area contributed by atoms with Gasteiger partial charge in [0.05, 0.1) is 17.7 Å². The largest absolute Gasteiger partial charge is 0.478 e. The van der Waals surface area contributed by atoms with Crippen molar-refractivity contribution >= 4 is 16.9 Å². The molecule has 5 heteroatoms. The molecule has 2 rings (SSSR count). The zero-order valence-corrected chi connectivity index (χ0v) is 10.2. The van der Waals surface area contributed by atoms with Crippen molar-refractivity contribution in [3.63, 3.8) is 0 Å². The maximum Gasteiger partial charge on any atom is 0.337 e. The number of carbonyl (C=O) groups is 1. The molecule has 0 saturated carbocycles. The molecule has 1 N–H and O–H groups in total. The van der Waals surface area contributed by atoms with Gasteiger partial charge in [-0.1, -0.05) is 0 Å². The summed E-state index contributed by atoms with van der Waals surface area (Å²) in [5.41, 5.74) is 1.57. The quantitative estimate of drug-likeness (QED) is 0.908. The van der Waals surface area contributed by atoms with Gasteiger partial charge in [0.15, 0.2) is 0 Å². The Hall–Kier alpha value is -1.88. The minimum atomic E-state index is -1.05. The van der Waals surface area contributed by atoms with Crippen LogP contribution in [-0.4, -0.2) is 29.4 Å². The molecule has 0 aliphatic rings. The Morgan fingerprint density at radius 1 is 1.50 bits per heavy atom. The second kappa shape index (κ2) is 4.78. The van der Waals surface area contributed by atoms with E-state index in [1.165, 1.54) is 18.3 Å². The Labute approximate surface area is 104 Å². The first kappa shape index (κ1) is 12.6. The van der Waals surface area contributed by atoms with Crippen molar-refractivity contribution in [1.29, 1.82) is 0 Å². The molecule has 18 heavy (non-hydrogen) atoms. The zero-order valence-electron chi connectivity index (χ0n) is 10.2. The van der Waals surface area contributed by atoms with Gasteiger partial charge in [-0.25, -0.2) is 9.18 Å². The SMILES string of the molecule is COCCn1cc(C(=O)O)c2cc(F)cc(C)c21. The average molecular weight is 251 g/mol. The van der Waals surface area contributed by atoms with E-state index in [0.717, 1.165) is 5.52 Å². The Kier molecular flexibility index (Phi) is 3.34. The summed E-state index contributed by atoms with van der Waals surface area (Å²) in [4.78, 5) is 11.2. The molecule has 0 spiro atoms. The normalized spacial score (nSPS) is 11.1. The number of methoxy groups -OCH3 is 1. The Morgan fingerprint density at radius 3 is 2.83 bits per heavy atom. The number of aromatic nitrogens is 1. The number of hydrogen-bond donors (Lipinski definition) is 1.